The summed E-state index contributed by atoms with van der Waals surface area (Å²) in [6, 6.07) is 3.99. The molecule has 0 aliphatic carbocycles. The summed E-state index contributed by atoms with van der Waals surface area (Å²) in [6.45, 7) is 2.24. The van der Waals surface area contributed by atoms with Crippen LogP contribution < -0.4 is 5.32 Å². The average molecular weight is 326 g/mol. The van der Waals surface area contributed by atoms with Crippen molar-refractivity contribution in [2.75, 3.05) is 13.1 Å². The van der Waals surface area contributed by atoms with E-state index in [0.717, 1.165) is 62.5 Å². The maximum Gasteiger partial charge on any atom is 0.240 e. The van der Waals surface area contributed by atoms with Gasteiger partial charge < -0.3 is 14.6 Å². The molecular weight excluding hydrogens is 304 g/mol. The Hall–Kier alpha value is -2.21. The SMILES string of the molecule is O=C([C@@H]1CCCN1)N1CCc2oc(CCc3cccnc3)nc2C1. The Morgan fingerprint density at radius 1 is 1.42 bits per heavy atom. The normalized spacial score (nSPS) is 20.2. The summed E-state index contributed by atoms with van der Waals surface area (Å²) in [5, 5.41) is 3.28. The molecule has 1 fully saturated rings. The van der Waals surface area contributed by atoms with Crippen LogP contribution in [0.3, 0.4) is 0 Å². The van der Waals surface area contributed by atoms with Crippen LogP contribution in [0.25, 0.3) is 0 Å². The fourth-order valence-corrected chi connectivity index (χ4v) is 3.46. The van der Waals surface area contributed by atoms with Crippen molar-refractivity contribution in [2.45, 2.75) is 44.7 Å². The van der Waals surface area contributed by atoms with Gasteiger partial charge >= 0.3 is 0 Å². The van der Waals surface area contributed by atoms with Gasteiger partial charge in [-0.2, -0.15) is 0 Å². The highest BCUT2D eigenvalue weighted by Gasteiger charge is 2.31. The first-order chi connectivity index (χ1) is 11.8. The van der Waals surface area contributed by atoms with Crippen molar-refractivity contribution in [1.29, 1.82) is 0 Å². The molecule has 0 unspecified atom stereocenters. The largest absolute Gasteiger partial charge is 0.445 e. The first-order valence-electron chi connectivity index (χ1n) is 8.68. The van der Waals surface area contributed by atoms with Crippen LogP contribution in [0.5, 0.6) is 0 Å². The van der Waals surface area contributed by atoms with E-state index in [1.54, 1.807) is 6.20 Å². The number of fused-ring (bicyclic) bond motifs is 1. The molecule has 2 aliphatic rings. The Morgan fingerprint density at radius 2 is 2.38 bits per heavy atom. The quantitative estimate of drug-likeness (QED) is 0.922. The first kappa shape index (κ1) is 15.3. The molecule has 1 amide bonds. The lowest BCUT2D eigenvalue weighted by atomic mass is 10.1. The average Bonchev–Trinajstić information content (AvgIpc) is 3.29. The third kappa shape index (κ3) is 3.19. The second kappa shape index (κ2) is 6.73. The van der Waals surface area contributed by atoms with Crippen molar-refractivity contribution in [1.82, 2.24) is 20.2 Å². The summed E-state index contributed by atoms with van der Waals surface area (Å²) in [4.78, 5) is 23.2. The van der Waals surface area contributed by atoms with E-state index in [1.165, 1.54) is 5.56 Å². The van der Waals surface area contributed by atoms with Crippen molar-refractivity contribution in [3.8, 4) is 0 Å². The van der Waals surface area contributed by atoms with Gasteiger partial charge in [-0.1, -0.05) is 6.07 Å². The van der Waals surface area contributed by atoms with E-state index < -0.39 is 0 Å². The smallest absolute Gasteiger partial charge is 0.240 e. The van der Waals surface area contributed by atoms with E-state index in [2.05, 4.69) is 21.4 Å². The fourth-order valence-electron chi connectivity index (χ4n) is 3.46. The number of nitrogens with one attached hydrogen (secondary N) is 1. The molecule has 6 nitrogen and oxygen atoms in total. The summed E-state index contributed by atoms with van der Waals surface area (Å²) < 4.78 is 5.90. The zero-order valence-corrected chi connectivity index (χ0v) is 13.7. The number of aromatic nitrogens is 2. The Bertz CT molecular complexity index is 707. The number of hydrogen-bond donors (Lipinski definition) is 1. The Morgan fingerprint density at radius 3 is 3.17 bits per heavy atom. The Labute approximate surface area is 141 Å². The Balaban J connectivity index is 1.39. The van der Waals surface area contributed by atoms with Crippen LogP contribution in [0.4, 0.5) is 0 Å². The summed E-state index contributed by atoms with van der Waals surface area (Å²) in [6.07, 6.45) is 8.05. The van der Waals surface area contributed by atoms with Gasteiger partial charge in [0, 0.05) is 31.8 Å². The van der Waals surface area contributed by atoms with E-state index in [1.807, 2.05) is 17.2 Å². The van der Waals surface area contributed by atoms with Crippen LogP contribution in [-0.4, -0.2) is 39.9 Å². The standard InChI is InChI=1S/C18H22N4O2/c23-18(14-4-2-9-20-14)22-10-7-16-15(12-22)21-17(24-16)6-5-13-3-1-8-19-11-13/h1,3,8,11,14,20H,2,4-7,9-10,12H2/t14-/m0/s1. The minimum Gasteiger partial charge on any atom is -0.445 e. The van der Waals surface area contributed by atoms with Gasteiger partial charge in [-0.3, -0.25) is 9.78 Å². The van der Waals surface area contributed by atoms with Crippen molar-refractivity contribution >= 4 is 5.91 Å². The molecule has 0 saturated carbocycles. The van der Waals surface area contributed by atoms with Crippen molar-refractivity contribution in [3.05, 3.63) is 47.4 Å². The fraction of sp³-hybridized carbons (Fsp3) is 0.500. The highest BCUT2D eigenvalue weighted by Crippen LogP contribution is 2.22. The highest BCUT2D eigenvalue weighted by molar-refractivity contribution is 5.82. The van der Waals surface area contributed by atoms with E-state index in [0.29, 0.717) is 6.54 Å². The zero-order chi connectivity index (χ0) is 16.4. The first-order valence-corrected chi connectivity index (χ1v) is 8.68. The molecule has 2 aromatic heterocycles. The minimum atomic E-state index is -0.0106. The van der Waals surface area contributed by atoms with Gasteiger partial charge in [0.05, 0.1) is 12.6 Å². The number of aryl methyl sites for hydroxylation is 2. The summed E-state index contributed by atoms with van der Waals surface area (Å²) >= 11 is 0. The second-order valence-corrected chi connectivity index (χ2v) is 6.50. The number of nitrogens with zero attached hydrogens (tertiary/aromatic N) is 3. The maximum atomic E-state index is 12.5. The summed E-state index contributed by atoms with van der Waals surface area (Å²) in [5.74, 6) is 1.91. The summed E-state index contributed by atoms with van der Waals surface area (Å²) in [7, 11) is 0. The third-order valence-electron chi connectivity index (χ3n) is 4.79. The molecule has 2 aliphatic heterocycles. The van der Waals surface area contributed by atoms with Crippen molar-refractivity contribution in [3.63, 3.8) is 0 Å². The van der Waals surface area contributed by atoms with Gasteiger partial charge in [0.15, 0.2) is 5.89 Å². The van der Waals surface area contributed by atoms with E-state index in [-0.39, 0.29) is 11.9 Å². The lowest BCUT2D eigenvalue weighted by molar-refractivity contribution is -0.134. The molecule has 0 radical (unpaired) electrons. The second-order valence-electron chi connectivity index (χ2n) is 6.50. The topological polar surface area (TPSA) is 71.3 Å². The maximum absolute atomic E-state index is 12.5. The number of oxazole rings is 1. The molecule has 24 heavy (non-hydrogen) atoms. The predicted octanol–water partition coefficient (Wildman–Crippen LogP) is 1.49. The molecule has 4 heterocycles. The van der Waals surface area contributed by atoms with Crippen LogP contribution in [0.15, 0.2) is 28.9 Å². The van der Waals surface area contributed by atoms with Gasteiger partial charge in [0.1, 0.15) is 11.5 Å². The molecule has 4 rings (SSSR count). The van der Waals surface area contributed by atoms with Gasteiger partial charge in [0.2, 0.25) is 5.91 Å². The zero-order valence-electron chi connectivity index (χ0n) is 13.7. The number of hydrogen-bond acceptors (Lipinski definition) is 5. The van der Waals surface area contributed by atoms with E-state index in [4.69, 9.17) is 4.42 Å². The number of rotatable bonds is 4. The van der Waals surface area contributed by atoms with Crippen LogP contribution >= 0.6 is 0 Å². The summed E-state index contributed by atoms with van der Waals surface area (Å²) in [5.41, 5.74) is 2.10. The molecule has 6 heteroatoms. The number of amides is 1. The molecule has 1 N–H and O–H groups in total. The van der Waals surface area contributed by atoms with E-state index in [9.17, 15) is 4.79 Å². The highest BCUT2D eigenvalue weighted by atomic mass is 16.4. The monoisotopic (exact) mass is 326 g/mol. The Kier molecular flexibility index (Phi) is 4.30. The number of carbonyl (C=O) groups excluding carboxylic acids is 1. The van der Waals surface area contributed by atoms with Crippen LogP contribution in [0.2, 0.25) is 0 Å². The molecule has 1 saturated heterocycles. The molecule has 1 atom stereocenters. The predicted molar refractivity (Wildman–Crippen MR) is 88.3 cm³/mol. The van der Waals surface area contributed by atoms with Gasteiger partial charge in [-0.05, 0) is 37.4 Å². The molecular formula is C18H22N4O2. The van der Waals surface area contributed by atoms with Gasteiger partial charge in [0.25, 0.3) is 0 Å². The minimum absolute atomic E-state index is 0.0106. The molecule has 0 bridgehead atoms. The number of pyridine rings is 1. The van der Waals surface area contributed by atoms with Gasteiger partial charge in [-0.15, -0.1) is 0 Å². The van der Waals surface area contributed by atoms with E-state index >= 15 is 0 Å². The molecule has 2 aromatic rings. The van der Waals surface area contributed by atoms with Crippen LogP contribution in [0.1, 0.15) is 35.7 Å². The van der Waals surface area contributed by atoms with Crippen LogP contribution in [0, 0.1) is 0 Å². The number of carbonyl (C=O) groups is 1. The molecule has 0 spiro atoms. The van der Waals surface area contributed by atoms with Crippen molar-refractivity contribution < 1.29 is 9.21 Å². The third-order valence-corrected chi connectivity index (χ3v) is 4.79. The van der Waals surface area contributed by atoms with Gasteiger partial charge in [-0.25, -0.2) is 4.98 Å². The molecule has 126 valence electrons. The van der Waals surface area contributed by atoms with Crippen LogP contribution in [-0.2, 0) is 30.6 Å². The molecule has 0 aromatic carbocycles. The lowest BCUT2D eigenvalue weighted by Gasteiger charge is -2.27. The van der Waals surface area contributed by atoms with Crippen molar-refractivity contribution in [2.24, 2.45) is 0 Å². The lowest BCUT2D eigenvalue weighted by Crippen LogP contribution is -2.45.